The lowest BCUT2D eigenvalue weighted by atomic mass is 10.0. The first-order chi connectivity index (χ1) is 11.0. The van der Waals surface area contributed by atoms with Gasteiger partial charge in [0.05, 0.1) is 26.4 Å². The first-order valence-corrected chi connectivity index (χ1v) is 7.62. The molecule has 4 atom stereocenters. The molecule has 0 heterocycles. The Hall–Kier alpha value is -1.22. The Labute approximate surface area is 135 Å². The van der Waals surface area contributed by atoms with Crippen LogP contribution in [-0.4, -0.2) is 69.8 Å². The van der Waals surface area contributed by atoms with E-state index in [0.717, 1.165) is 17.7 Å². The zero-order valence-corrected chi connectivity index (χ0v) is 13.2. The number of benzene rings is 1. The van der Waals surface area contributed by atoms with Crippen LogP contribution in [0.5, 0.6) is 5.75 Å². The van der Waals surface area contributed by atoms with Gasteiger partial charge in [0.25, 0.3) is 0 Å². The Morgan fingerprint density at radius 2 is 1.57 bits per heavy atom. The van der Waals surface area contributed by atoms with Crippen molar-refractivity contribution in [2.45, 2.75) is 44.4 Å². The fraction of sp³-hybridized carbons (Fsp3) is 0.625. The second kappa shape index (κ2) is 10.5. The van der Waals surface area contributed by atoms with Gasteiger partial charge in [-0.2, -0.15) is 0 Å². The van der Waals surface area contributed by atoms with Crippen LogP contribution in [-0.2, 0) is 11.3 Å². The molecule has 23 heavy (non-hydrogen) atoms. The minimum atomic E-state index is -1.64. The van der Waals surface area contributed by atoms with Crippen molar-refractivity contribution in [3.63, 3.8) is 0 Å². The molecule has 0 saturated carbocycles. The predicted molar refractivity (Wildman–Crippen MR) is 83.0 cm³/mol. The first-order valence-electron chi connectivity index (χ1n) is 7.62. The van der Waals surface area contributed by atoms with Gasteiger partial charge in [0.15, 0.2) is 0 Å². The maximum Gasteiger partial charge on any atom is 0.119 e. The monoisotopic (exact) mass is 330 g/mol. The van der Waals surface area contributed by atoms with Gasteiger partial charge in [0, 0.05) is 0 Å². The maximum absolute atomic E-state index is 9.70. The molecule has 1 aromatic rings. The molecule has 0 fully saturated rings. The largest absolute Gasteiger partial charge is 0.494 e. The highest BCUT2D eigenvalue weighted by atomic mass is 16.5. The summed E-state index contributed by atoms with van der Waals surface area (Å²) in [5, 5.41) is 46.7. The number of ether oxygens (including phenoxy) is 2. The van der Waals surface area contributed by atoms with Gasteiger partial charge in [-0.3, -0.25) is 0 Å². The van der Waals surface area contributed by atoms with Crippen molar-refractivity contribution in [3.8, 4) is 5.75 Å². The Morgan fingerprint density at radius 1 is 0.957 bits per heavy atom. The van der Waals surface area contributed by atoms with Crippen LogP contribution in [0.15, 0.2) is 24.3 Å². The van der Waals surface area contributed by atoms with Crippen molar-refractivity contribution in [2.75, 3.05) is 19.8 Å². The van der Waals surface area contributed by atoms with Gasteiger partial charge < -0.3 is 35.0 Å². The number of hydrogen-bond acceptors (Lipinski definition) is 7. The molecule has 0 aromatic heterocycles. The molecular formula is C16H26O7. The van der Waals surface area contributed by atoms with Crippen LogP contribution in [0.2, 0.25) is 0 Å². The van der Waals surface area contributed by atoms with Gasteiger partial charge in [-0.05, 0) is 24.1 Å². The number of hydrogen-bond donors (Lipinski definition) is 5. The molecule has 1 aromatic carbocycles. The van der Waals surface area contributed by atoms with Gasteiger partial charge in [-0.25, -0.2) is 0 Å². The minimum absolute atomic E-state index is 0.218. The second-order valence-electron chi connectivity index (χ2n) is 5.31. The Kier molecular flexibility index (Phi) is 9.08. The summed E-state index contributed by atoms with van der Waals surface area (Å²) >= 11 is 0. The summed E-state index contributed by atoms with van der Waals surface area (Å²) in [7, 11) is 0. The van der Waals surface area contributed by atoms with E-state index in [1.165, 1.54) is 0 Å². The number of aliphatic hydroxyl groups is 5. The Morgan fingerprint density at radius 3 is 2.13 bits per heavy atom. The van der Waals surface area contributed by atoms with Crippen LogP contribution < -0.4 is 4.74 Å². The summed E-state index contributed by atoms with van der Waals surface area (Å²) in [4.78, 5) is 0. The van der Waals surface area contributed by atoms with Crippen LogP contribution in [0.1, 0.15) is 18.9 Å². The van der Waals surface area contributed by atoms with E-state index in [9.17, 15) is 20.4 Å². The Balaban J connectivity index is 2.35. The highest BCUT2D eigenvalue weighted by Gasteiger charge is 2.29. The summed E-state index contributed by atoms with van der Waals surface area (Å²) in [6.45, 7) is 1.97. The van der Waals surface area contributed by atoms with E-state index >= 15 is 0 Å². The molecular weight excluding hydrogens is 304 g/mol. The summed E-state index contributed by atoms with van der Waals surface area (Å²) in [5.74, 6) is 0.771. The third-order valence-corrected chi connectivity index (χ3v) is 3.28. The standard InChI is InChI=1S/C16H26O7/c1-2-7-23-12-5-3-11(4-6-12)9-22-10-14(19)16(21)15(20)13(18)8-17/h3-6,13-21H,2,7-10H2,1H3. The highest BCUT2D eigenvalue weighted by molar-refractivity contribution is 5.26. The van der Waals surface area contributed by atoms with Crippen molar-refractivity contribution in [2.24, 2.45) is 0 Å². The molecule has 0 spiro atoms. The van der Waals surface area contributed by atoms with Gasteiger partial charge in [-0.15, -0.1) is 0 Å². The molecule has 132 valence electrons. The van der Waals surface area contributed by atoms with E-state index in [0.29, 0.717) is 6.61 Å². The molecule has 7 heteroatoms. The minimum Gasteiger partial charge on any atom is -0.494 e. The molecule has 7 nitrogen and oxygen atoms in total. The highest BCUT2D eigenvalue weighted by Crippen LogP contribution is 2.13. The maximum atomic E-state index is 9.70. The lowest BCUT2D eigenvalue weighted by Gasteiger charge is -2.25. The molecule has 0 aliphatic carbocycles. The summed E-state index contributed by atoms with van der Waals surface area (Å²) in [5.41, 5.74) is 0.867. The van der Waals surface area contributed by atoms with Gasteiger partial charge in [0.1, 0.15) is 30.2 Å². The molecule has 0 aliphatic heterocycles. The van der Waals surface area contributed by atoms with E-state index in [2.05, 4.69) is 0 Å². The summed E-state index contributed by atoms with van der Waals surface area (Å²) < 4.78 is 10.7. The summed E-state index contributed by atoms with van der Waals surface area (Å²) in [6, 6.07) is 7.30. The molecule has 0 aliphatic rings. The van der Waals surface area contributed by atoms with E-state index in [-0.39, 0.29) is 13.2 Å². The molecule has 0 radical (unpaired) electrons. The molecule has 0 saturated heterocycles. The van der Waals surface area contributed by atoms with Crippen molar-refractivity contribution in [1.82, 2.24) is 0 Å². The van der Waals surface area contributed by atoms with Gasteiger partial charge in [-0.1, -0.05) is 19.1 Å². The quantitative estimate of drug-likeness (QED) is 0.368. The second-order valence-corrected chi connectivity index (χ2v) is 5.31. The molecule has 0 amide bonds. The van der Waals surface area contributed by atoms with Crippen molar-refractivity contribution in [1.29, 1.82) is 0 Å². The molecule has 4 unspecified atom stereocenters. The lowest BCUT2D eigenvalue weighted by Crippen LogP contribution is -2.47. The Bertz CT molecular complexity index is 423. The van der Waals surface area contributed by atoms with E-state index in [1.54, 1.807) is 0 Å². The zero-order valence-electron chi connectivity index (χ0n) is 13.2. The topological polar surface area (TPSA) is 120 Å². The van der Waals surface area contributed by atoms with E-state index in [4.69, 9.17) is 14.6 Å². The SMILES string of the molecule is CCCOc1ccc(COCC(O)C(O)C(O)C(O)CO)cc1. The lowest BCUT2D eigenvalue weighted by molar-refractivity contribution is -0.130. The fourth-order valence-corrected chi connectivity index (χ4v) is 1.86. The van der Waals surface area contributed by atoms with Crippen LogP contribution in [0.4, 0.5) is 0 Å². The van der Waals surface area contributed by atoms with Gasteiger partial charge in [0.2, 0.25) is 0 Å². The van der Waals surface area contributed by atoms with Crippen molar-refractivity contribution >= 4 is 0 Å². The predicted octanol–water partition coefficient (Wildman–Crippen LogP) is -0.572. The number of aliphatic hydroxyl groups excluding tert-OH is 5. The normalized spacial score (nSPS) is 16.6. The van der Waals surface area contributed by atoms with Crippen molar-refractivity contribution < 1.29 is 35.0 Å². The summed E-state index contributed by atoms with van der Waals surface area (Å²) in [6.07, 6.45) is -5.22. The average Bonchev–Trinajstić information content (AvgIpc) is 2.58. The van der Waals surface area contributed by atoms with E-state index in [1.807, 2.05) is 31.2 Å². The fourth-order valence-electron chi connectivity index (χ4n) is 1.86. The van der Waals surface area contributed by atoms with Crippen LogP contribution in [0.3, 0.4) is 0 Å². The third kappa shape index (κ3) is 6.82. The molecule has 0 bridgehead atoms. The molecule has 5 N–H and O–H groups in total. The zero-order chi connectivity index (χ0) is 17.2. The van der Waals surface area contributed by atoms with E-state index < -0.39 is 31.0 Å². The van der Waals surface area contributed by atoms with Crippen LogP contribution in [0, 0.1) is 0 Å². The molecule has 1 rings (SSSR count). The third-order valence-electron chi connectivity index (χ3n) is 3.28. The number of rotatable bonds is 11. The van der Waals surface area contributed by atoms with Crippen molar-refractivity contribution in [3.05, 3.63) is 29.8 Å². The van der Waals surface area contributed by atoms with Crippen LogP contribution in [0.25, 0.3) is 0 Å². The van der Waals surface area contributed by atoms with Crippen LogP contribution >= 0.6 is 0 Å². The van der Waals surface area contributed by atoms with Gasteiger partial charge >= 0.3 is 0 Å². The first kappa shape index (κ1) is 19.8. The average molecular weight is 330 g/mol. The smallest absolute Gasteiger partial charge is 0.119 e.